The first-order valence-electron chi connectivity index (χ1n) is 9.34. The Bertz CT molecular complexity index is 1140. The van der Waals surface area contributed by atoms with Crippen molar-refractivity contribution in [2.24, 2.45) is 7.05 Å². The molecule has 1 aromatic carbocycles. The zero-order valence-electron chi connectivity index (χ0n) is 16.6. The SMILES string of the molecule is Cc1ccc(C)n1-c1c(C(=O)NCCn2c(C)nc3ccccc32)cnn1C. The second-order valence-electron chi connectivity index (χ2n) is 7.01. The van der Waals surface area contributed by atoms with Gasteiger partial charge in [0.2, 0.25) is 0 Å². The van der Waals surface area contributed by atoms with Crippen LogP contribution in [0.4, 0.5) is 0 Å². The lowest BCUT2D eigenvalue weighted by Gasteiger charge is -2.13. The van der Waals surface area contributed by atoms with Crippen LogP contribution in [0.3, 0.4) is 0 Å². The van der Waals surface area contributed by atoms with Crippen molar-refractivity contribution in [1.29, 1.82) is 0 Å². The number of amides is 1. The molecule has 144 valence electrons. The number of fused-ring (bicyclic) bond motifs is 1. The molecule has 0 aliphatic carbocycles. The molecule has 0 saturated carbocycles. The Hall–Kier alpha value is -3.35. The summed E-state index contributed by atoms with van der Waals surface area (Å²) in [5.74, 6) is 1.59. The predicted octanol–water partition coefficient (Wildman–Crippen LogP) is 2.92. The third-order valence-corrected chi connectivity index (χ3v) is 5.10. The minimum Gasteiger partial charge on any atom is -0.350 e. The summed E-state index contributed by atoms with van der Waals surface area (Å²) in [4.78, 5) is 17.4. The first kappa shape index (κ1) is 18.0. The highest BCUT2D eigenvalue weighted by Crippen LogP contribution is 2.20. The molecule has 4 aromatic rings. The quantitative estimate of drug-likeness (QED) is 0.582. The van der Waals surface area contributed by atoms with Gasteiger partial charge < -0.3 is 14.5 Å². The van der Waals surface area contributed by atoms with Gasteiger partial charge in [0.05, 0.1) is 17.2 Å². The Morgan fingerprint density at radius 3 is 2.54 bits per heavy atom. The summed E-state index contributed by atoms with van der Waals surface area (Å²) >= 11 is 0. The molecule has 0 aliphatic heterocycles. The number of benzene rings is 1. The van der Waals surface area contributed by atoms with Crippen LogP contribution in [-0.2, 0) is 13.6 Å². The lowest BCUT2D eigenvalue weighted by Crippen LogP contribution is -2.28. The molecule has 0 saturated heterocycles. The summed E-state index contributed by atoms with van der Waals surface area (Å²) in [6, 6.07) is 12.1. The van der Waals surface area contributed by atoms with Crippen molar-refractivity contribution >= 4 is 16.9 Å². The summed E-state index contributed by atoms with van der Waals surface area (Å²) in [5, 5.41) is 7.34. The summed E-state index contributed by atoms with van der Waals surface area (Å²) in [7, 11) is 1.85. The van der Waals surface area contributed by atoms with Gasteiger partial charge in [-0.2, -0.15) is 5.10 Å². The average Bonchev–Trinajstić information content (AvgIpc) is 3.31. The minimum absolute atomic E-state index is 0.127. The van der Waals surface area contributed by atoms with E-state index in [2.05, 4.69) is 24.5 Å². The molecule has 0 aliphatic rings. The lowest BCUT2D eigenvalue weighted by atomic mass is 10.3. The molecule has 4 rings (SSSR count). The van der Waals surface area contributed by atoms with E-state index in [0.29, 0.717) is 18.7 Å². The third-order valence-electron chi connectivity index (χ3n) is 5.10. The first-order valence-corrected chi connectivity index (χ1v) is 9.34. The van der Waals surface area contributed by atoms with Crippen molar-refractivity contribution in [3.8, 4) is 5.82 Å². The predicted molar refractivity (Wildman–Crippen MR) is 109 cm³/mol. The van der Waals surface area contributed by atoms with E-state index < -0.39 is 0 Å². The molecule has 1 N–H and O–H groups in total. The van der Waals surface area contributed by atoms with E-state index in [4.69, 9.17) is 0 Å². The molecule has 0 unspecified atom stereocenters. The van der Waals surface area contributed by atoms with Gasteiger partial charge in [0, 0.05) is 31.5 Å². The monoisotopic (exact) mass is 376 g/mol. The molecule has 0 atom stereocenters. The molecular weight excluding hydrogens is 352 g/mol. The molecule has 0 bridgehead atoms. The fraction of sp³-hybridized carbons (Fsp3) is 0.286. The number of nitrogens with zero attached hydrogens (tertiary/aromatic N) is 5. The van der Waals surface area contributed by atoms with Crippen LogP contribution < -0.4 is 5.32 Å². The number of carbonyl (C=O) groups is 1. The second-order valence-corrected chi connectivity index (χ2v) is 7.01. The van der Waals surface area contributed by atoms with Gasteiger partial charge in [0.1, 0.15) is 17.2 Å². The maximum atomic E-state index is 12.9. The normalized spacial score (nSPS) is 11.3. The Morgan fingerprint density at radius 1 is 1.07 bits per heavy atom. The van der Waals surface area contributed by atoms with Crippen LogP contribution in [0.1, 0.15) is 27.6 Å². The molecule has 1 amide bonds. The standard InChI is InChI=1S/C21H24N6O/c1-14-9-10-15(2)27(14)21-17(13-23-25(21)4)20(28)22-11-12-26-16(3)24-18-7-5-6-8-19(18)26/h5-10,13H,11-12H2,1-4H3,(H,22,28). The summed E-state index contributed by atoms with van der Waals surface area (Å²) < 4.78 is 5.91. The molecular formula is C21H24N6O. The largest absolute Gasteiger partial charge is 0.350 e. The van der Waals surface area contributed by atoms with E-state index in [0.717, 1.165) is 34.1 Å². The number of rotatable bonds is 5. The Labute approximate surface area is 163 Å². The van der Waals surface area contributed by atoms with Crippen LogP contribution >= 0.6 is 0 Å². The zero-order valence-corrected chi connectivity index (χ0v) is 16.6. The number of carbonyl (C=O) groups excluding carboxylic acids is 1. The molecule has 7 heteroatoms. The summed E-state index contributed by atoms with van der Waals surface area (Å²) in [6.07, 6.45) is 1.63. The molecule has 7 nitrogen and oxygen atoms in total. The van der Waals surface area contributed by atoms with Crippen LogP contribution in [0.2, 0.25) is 0 Å². The van der Waals surface area contributed by atoms with Crippen molar-refractivity contribution in [3.63, 3.8) is 0 Å². The molecule has 0 spiro atoms. The summed E-state index contributed by atoms with van der Waals surface area (Å²) in [6.45, 7) is 7.20. The summed E-state index contributed by atoms with van der Waals surface area (Å²) in [5.41, 5.74) is 4.75. The third kappa shape index (κ3) is 2.98. The Morgan fingerprint density at radius 2 is 1.79 bits per heavy atom. The second kappa shape index (κ2) is 6.99. The van der Waals surface area contributed by atoms with E-state index in [1.54, 1.807) is 10.9 Å². The Balaban J connectivity index is 1.53. The van der Waals surface area contributed by atoms with Gasteiger partial charge in [-0.25, -0.2) is 4.98 Å². The first-order chi connectivity index (χ1) is 13.5. The highest BCUT2D eigenvalue weighted by Gasteiger charge is 2.19. The van der Waals surface area contributed by atoms with Gasteiger partial charge in [-0.05, 0) is 45.0 Å². The Kier molecular flexibility index (Phi) is 4.50. The molecule has 0 radical (unpaired) electrons. The lowest BCUT2D eigenvalue weighted by molar-refractivity contribution is 0.0952. The van der Waals surface area contributed by atoms with Gasteiger partial charge >= 0.3 is 0 Å². The van der Waals surface area contributed by atoms with Crippen LogP contribution in [0.15, 0.2) is 42.6 Å². The van der Waals surface area contributed by atoms with Gasteiger partial charge in [-0.3, -0.25) is 9.48 Å². The van der Waals surface area contributed by atoms with Crippen LogP contribution in [0.5, 0.6) is 0 Å². The fourth-order valence-electron chi connectivity index (χ4n) is 3.71. The van der Waals surface area contributed by atoms with Crippen molar-refractivity contribution < 1.29 is 4.79 Å². The van der Waals surface area contributed by atoms with E-state index in [9.17, 15) is 4.79 Å². The number of imidazole rings is 1. The van der Waals surface area contributed by atoms with Gasteiger partial charge in [-0.1, -0.05) is 12.1 Å². The van der Waals surface area contributed by atoms with Crippen molar-refractivity contribution in [2.75, 3.05) is 6.54 Å². The van der Waals surface area contributed by atoms with Crippen molar-refractivity contribution in [3.05, 3.63) is 65.4 Å². The van der Waals surface area contributed by atoms with Gasteiger partial charge in [0.15, 0.2) is 0 Å². The molecule has 3 aromatic heterocycles. The van der Waals surface area contributed by atoms with Gasteiger partial charge in [0.25, 0.3) is 5.91 Å². The average molecular weight is 376 g/mol. The number of nitrogens with one attached hydrogen (secondary N) is 1. The van der Waals surface area contributed by atoms with E-state index in [1.165, 1.54) is 0 Å². The number of aryl methyl sites for hydroxylation is 4. The van der Waals surface area contributed by atoms with Crippen LogP contribution in [0.25, 0.3) is 16.9 Å². The molecule has 3 heterocycles. The van der Waals surface area contributed by atoms with E-state index in [1.807, 2.05) is 64.2 Å². The molecule has 0 fully saturated rings. The number of aromatic nitrogens is 5. The maximum absolute atomic E-state index is 12.9. The van der Waals surface area contributed by atoms with E-state index >= 15 is 0 Å². The fourth-order valence-corrected chi connectivity index (χ4v) is 3.71. The van der Waals surface area contributed by atoms with E-state index in [-0.39, 0.29) is 5.91 Å². The highest BCUT2D eigenvalue weighted by molar-refractivity contribution is 5.97. The topological polar surface area (TPSA) is 69.7 Å². The van der Waals surface area contributed by atoms with Crippen LogP contribution in [-0.4, -0.2) is 36.4 Å². The maximum Gasteiger partial charge on any atom is 0.256 e. The van der Waals surface area contributed by atoms with Crippen molar-refractivity contribution in [1.82, 2.24) is 29.2 Å². The van der Waals surface area contributed by atoms with Gasteiger partial charge in [-0.15, -0.1) is 0 Å². The number of hydrogen-bond acceptors (Lipinski definition) is 3. The van der Waals surface area contributed by atoms with Crippen LogP contribution in [0, 0.1) is 20.8 Å². The minimum atomic E-state index is -0.127. The number of para-hydroxylation sites is 2. The highest BCUT2D eigenvalue weighted by atomic mass is 16.1. The molecule has 28 heavy (non-hydrogen) atoms. The zero-order chi connectivity index (χ0) is 19.8. The van der Waals surface area contributed by atoms with Crippen molar-refractivity contribution in [2.45, 2.75) is 27.3 Å². The number of hydrogen-bond donors (Lipinski definition) is 1. The smallest absolute Gasteiger partial charge is 0.256 e.